The summed E-state index contributed by atoms with van der Waals surface area (Å²) in [6.45, 7) is 4.46. The van der Waals surface area contributed by atoms with Crippen LogP contribution in [-0.2, 0) is 0 Å². The van der Waals surface area contributed by atoms with Crippen LogP contribution in [0.25, 0.3) is 0 Å². The number of aliphatic hydroxyl groups is 1. The molecule has 0 fully saturated rings. The van der Waals surface area contributed by atoms with Crippen LogP contribution in [0.2, 0.25) is 0 Å². The lowest BCUT2D eigenvalue weighted by molar-refractivity contribution is 0.227. The molecule has 0 radical (unpaired) electrons. The SMILES string of the molecule is CC(C)CC(NC(=O)N[C@@H]1C=C[C@H](CO)C1)c1cccs1. The van der Waals surface area contributed by atoms with Crippen LogP contribution in [0, 0.1) is 11.8 Å². The number of thiophene rings is 1. The van der Waals surface area contributed by atoms with Crippen molar-refractivity contribution in [1.82, 2.24) is 10.6 Å². The number of nitrogens with one attached hydrogen (secondary N) is 2. The number of hydrogen-bond acceptors (Lipinski definition) is 3. The molecule has 0 saturated carbocycles. The molecule has 2 rings (SSSR count). The lowest BCUT2D eigenvalue weighted by Gasteiger charge is -2.21. The van der Waals surface area contributed by atoms with E-state index in [-0.39, 0.29) is 30.6 Å². The van der Waals surface area contributed by atoms with Gasteiger partial charge in [0.1, 0.15) is 0 Å². The van der Waals surface area contributed by atoms with Gasteiger partial charge in [-0.1, -0.05) is 32.1 Å². The van der Waals surface area contributed by atoms with Crippen molar-refractivity contribution in [3.8, 4) is 0 Å². The Morgan fingerprint density at radius 1 is 1.48 bits per heavy atom. The van der Waals surface area contributed by atoms with Gasteiger partial charge in [0.25, 0.3) is 0 Å². The maximum atomic E-state index is 12.2. The Labute approximate surface area is 130 Å². The van der Waals surface area contributed by atoms with Crippen molar-refractivity contribution in [2.24, 2.45) is 11.8 Å². The van der Waals surface area contributed by atoms with Crippen molar-refractivity contribution in [3.63, 3.8) is 0 Å². The molecule has 0 bridgehead atoms. The van der Waals surface area contributed by atoms with Crippen molar-refractivity contribution < 1.29 is 9.90 Å². The van der Waals surface area contributed by atoms with Gasteiger partial charge < -0.3 is 15.7 Å². The van der Waals surface area contributed by atoms with E-state index >= 15 is 0 Å². The third-order valence-electron chi connectivity index (χ3n) is 3.62. The highest BCUT2D eigenvalue weighted by Gasteiger charge is 2.22. The molecule has 3 N–H and O–H groups in total. The number of rotatable bonds is 6. The minimum absolute atomic E-state index is 0.0187. The molecule has 4 nitrogen and oxygen atoms in total. The normalized spacial score (nSPS) is 22.5. The van der Waals surface area contributed by atoms with E-state index in [1.54, 1.807) is 11.3 Å². The molecule has 0 saturated heterocycles. The van der Waals surface area contributed by atoms with Gasteiger partial charge in [-0.2, -0.15) is 0 Å². The first kappa shape index (κ1) is 16.0. The van der Waals surface area contributed by atoms with Gasteiger partial charge in [0.05, 0.1) is 6.04 Å². The third-order valence-corrected chi connectivity index (χ3v) is 4.61. The average molecular weight is 308 g/mol. The fraction of sp³-hybridized carbons (Fsp3) is 0.562. The highest BCUT2D eigenvalue weighted by atomic mass is 32.1. The first-order chi connectivity index (χ1) is 10.1. The second-order valence-corrected chi connectivity index (χ2v) is 6.96. The number of aliphatic hydroxyl groups excluding tert-OH is 1. The zero-order valence-electron chi connectivity index (χ0n) is 12.6. The van der Waals surface area contributed by atoms with E-state index in [0.29, 0.717) is 5.92 Å². The van der Waals surface area contributed by atoms with E-state index in [2.05, 4.69) is 30.5 Å². The van der Waals surface area contributed by atoms with Crippen LogP contribution in [-0.4, -0.2) is 23.8 Å². The molecule has 3 atom stereocenters. The lowest BCUT2D eigenvalue weighted by Crippen LogP contribution is -2.42. The number of carbonyl (C=O) groups is 1. The second kappa shape index (κ2) is 7.61. The van der Waals surface area contributed by atoms with Gasteiger partial charge in [-0.3, -0.25) is 0 Å². The Balaban J connectivity index is 1.88. The van der Waals surface area contributed by atoms with Gasteiger partial charge in [0.15, 0.2) is 0 Å². The summed E-state index contributed by atoms with van der Waals surface area (Å²) in [6.07, 6.45) is 5.63. The topological polar surface area (TPSA) is 61.4 Å². The molecule has 1 heterocycles. The smallest absolute Gasteiger partial charge is 0.315 e. The Bertz CT molecular complexity index is 471. The van der Waals surface area contributed by atoms with Gasteiger partial charge in [-0.15, -0.1) is 11.3 Å². The van der Waals surface area contributed by atoms with Crippen LogP contribution in [0.4, 0.5) is 4.79 Å². The first-order valence-corrected chi connectivity index (χ1v) is 8.36. The van der Waals surface area contributed by atoms with E-state index in [0.717, 1.165) is 12.8 Å². The molecule has 21 heavy (non-hydrogen) atoms. The highest BCUT2D eigenvalue weighted by molar-refractivity contribution is 7.10. The summed E-state index contributed by atoms with van der Waals surface area (Å²) in [6, 6.07) is 4.02. The van der Waals surface area contributed by atoms with Crippen molar-refractivity contribution in [2.45, 2.75) is 38.8 Å². The van der Waals surface area contributed by atoms with Crippen molar-refractivity contribution in [3.05, 3.63) is 34.5 Å². The summed E-state index contributed by atoms with van der Waals surface area (Å²) in [5.74, 6) is 0.682. The molecule has 1 aromatic heterocycles. The molecule has 116 valence electrons. The summed E-state index contributed by atoms with van der Waals surface area (Å²) >= 11 is 1.67. The summed E-state index contributed by atoms with van der Waals surface area (Å²) in [5.41, 5.74) is 0. The van der Waals surface area contributed by atoms with Crippen LogP contribution < -0.4 is 10.6 Å². The van der Waals surface area contributed by atoms with E-state index in [9.17, 15) is 4.79 Å². The molecule has 1 aliphatic carbocycles. The van der Waals surface area contributed by atoms with Crippen LogP contribution in [0.3, 0.4) is 0 Å². The summed E-state index contributed by atoms with van der Waals surface area (Å²) in [4.78, 5) is 13.4. The Morgan fingerprint density at radius 3 is 2.86 bits per heavy atom. The Morgan fingerprint density at radius 2 is 2.29 bits per heavy atom. The highest BCUT2D eigenvalue weighted by Crippen LogP contribution is 2.25. The van der Waals surface area contributed by atoms with Crippen LogP contribution in [0.15, 0.2) is 29.7 Å². The second-order valence-electron chi connectivity index (χ2n) is 5.99. The van der Waals surface area contributed by atoms with E-state index < -0.39 is 0 Å². The van der Waals surface area contributed by atoms with Crippen molar-refractivity contribution in [1.29, 1.82) is 0 Å². The minimum Gasteiger partial charge on any atom is -0.396 e. The average Bonchev–Trinajstić information content (AvgIpc) is 3.08. The van der Waals surface area contributed by atoms with Gasteiger partial charge in [0, 0.05) is 23.4 Å². The number of carbonyl (C=O) groups excluding carboxylic acids is 1. The van der Waals surface area contributed by atoms with E-state index in [4.69, 9.17) is 5.11 Å². The lowest BCUT2D eigenvalue weighted by atomic mass is 10.0. The number of amides is 2. The molecule has 0 spiro atoms. The molecule has 1 aliphatic rings. The van der Waals surface area contributed by atoms with E-state index in [1.165, 1.54) is 4.88 Å². The quantitative estimate of drug-likeness (QED) is 0.707. The molecular weight excluding hydrogens is 284 g/mol. The van der Waals surface area contributed by atoms with Crippen molar-refractivity contribution >= 4 is 17.4 Å². The van der Waals surface area contributed by atoms with Gasteiger partial charge >= 0.3 is 6.03 Å². The summed E-state index contributed by atoms with van der Waals surface area (Å²) in [5, 5.41) is 17.2. The maximum Gasteiger partial charge on any atom is 0.315 e. The molecule has 0 aliphatic heterocycles. The Hall–Kier alpha value is -1.33. The van der Waals surface area contributed by atoms with Crippen molar-refractivity contribution in [2.75, 3.05) is 6.61 Å². The molecule has 5 heteroatoms. The summed E-state index contributed by atoms with van der Waals surface area (Å²) in [7, 11) is 0. The van der Waals surface area contributed by atoms with Crippen LogP contribution in [0.1, 0.15) is 37.6 Å². The number of urea groups is 1. The van der Waals surface area contributed by atoms with Gasteiger partial charge in [-0.05, 0) is 30.2 Å². The first-order valence-electron chi connectivity index (χ1n) is 7.48. The zero-order chi connectivity index (χ0) is 15.2. The van der Waals surface area contributed by atoms with E-state index in [1.807, 2.05) is 23.6 Å². The molecule has 1 unspecified atom stereocenters. The largest absolute Gasteiger partial charge is 0.396 e. The fourth-order valence-electron chi connectivity index (χ4n) is 2.59. The third kappa shape index (κ3) is 4.86. The standard InChI is InChI=1S/C16H24N2O2S/c1-11(2)8-14(15-4-3-7-21-15)18-16(20)17-13-6-5-12(9-13)10-19/h3-7,11-14,19H,8-10H2,1-2H3,(H2,17,18,20)/t12-,13+,14?/m0/s1. The van der Waals surface area contributed by atoms with Crippen LogP contribution in [0.5, 0.6) is 0 Å². The predicted octanol–water partition coefficient (Wildman–Crippen LogP) is 3.07. The number of hydrogen-bond donors (Lipinski definition) is 3. The Kier molecular flexibility index (Phi) is 5.82. The van der Waals surface area contributed by atoms with Crippen LogP contribution >= 0.6 is 11.3 Å². The van der Waals surface area contributed by atoms with Gasteiger partial charge in [-0.25, -0.2) is 4.79 Å². The molecule has 1 aromatic rings. The maximum absolute atomic E-state index is 12.2. The molecular formula is C16H24N2O2S. The molecule has 2 amide bonds. The summed E-state index contributed by atoms with van der Waals surface area (Å²) < 4.78 is 0. The molecule has 0 aromatic carbocycles. The predicted molar refractivity (Wildman–Crippen MR) is 86.3 cm³/mol. The minimum atomic E-state index is -0.137. The monoisotopic (exact) mass is 308 g/mol. The fourth-order valence-corrected chi connectivity index (χ4v) is 3.38. The van der Waals surface area contributed by atoms with Gasteiger partial charge in [0.2, 0.25) is 0 Å². The zero-order valence-corrected chi connectivity index (χ0v) is 13.4.